The highest BCUT2D eigenvalue weighted by molar-refractivity contribution is 7.89. The lowest BCUT2D eigenvalue weighted by Crippen LogP contribution is -2.40. The highest BCUT2D eigenvalue weighted by atomic mass is 35.5. The van der Waals surface area contributed by atoms with Gasteiger partial charge in [-0.1, -0.05) is 55.8 Å². The molecule has 1 N–H and O–H groups in total. The van der Waals surface area contributed by atoms with Crippen molar-refractivity contribution in [3.63, 3.8) is 0 Å². The standard InChI is InChI=1S/C21H25ClN2O4S/c1-15(2)20(16-6-4-3-5-7-16)23-21(25)18-14-17(8-9-19(18)22)29(26,27)24-10-12-28-13-11-24/h3-9,14-15,20H,10-13H2,1-2H3,(H,23,25). The number of benzene rings is 2. The molecule has 1 unspecified atom stereocenters. The van der Waals surface area contributed by atoms with Crippen LogP contribution in [-0.2, 0) is 14.8 Å². The lowest BCUT2D eigenvalue weighted by Gasteiger charge is -2.26. The minimum Gasteiger partial charge on any atom is -0.379 e. The summed E-state index contributed by atoms with van der Waals surface area (Å²) in [6, 6.07) is 13.7. The minimum atomic E-state index is -3.72. The summed E-state index contributed by atoms with van der Waals surface area (Å²) in [6.07, 6.45) is 0. The Balaban J connectivity index is 1.88. The van der Waals surface area contributed by atoms with Gasteiger partial charge in [0.25, 0.3) is 5.91 Å². The fourth-order valence-corrected chi connectivity index (χ4v) is 4.93. The Bertz CT molecular complexity index is 958. The first-order valence-corrected chi connectivity index (χ1v) is 11.4. The second-order valence-electron chi connectivity index (χ2n) is 7.26. The van der Waals surface area contributed by atoms with E-state index in [9.17, 15) is 13.2 Å². The summed E-state index contributed by atoms with van der Waals surface area (Å²) in [4.78, 5) is 13.0. The predicted octanol–water partition coefficient (Wildman–Crippen LogP) is 3.49. The molecule has 0 radical (unpaired) electrons. The summed E-state index contributed by atoms with van der Waals surface area (Å²) in [7, 11) is -3.72. The van der Waals surface area contributed by atoms with Crippen molar-refractivity contribution in [2.24, 2.45) is 5.92 Å². The van der Waals surface area contributed by atoms with Crippen LogP contribution in [0.3, 0.4) is 0 Å². The van der Waals surface area contributed by atoms with Crippen molar-refractivity contribution in [1.29, 1.82) is 0 Å². The summed E-state index contributed by atoms with van der Waals surface area (Å²) in [5.74, 6) is -0.267. The van der Waals surface area contributed by atoms with Crippen LogP contribution in [0.1, 0.15) is 35.8 Å². The van der Waals surface area contributed by atoms with E-state index >= 15 is 0 Å². The molecule has 0 bridgehead atoms. The second-order valence-corrected chi connectivity index (χ2v) is 9.61. The molecule has 1 heterocycles. The number of rotatable bonds is 6. The lowest BCUT2D eigenvalue weighted by atomic mass is 9.95. The van der Waals surface area contributed by atoms with Crippen LogP contribution in [-0.4, -0.2) is 44.9 Å². The first-order chi connectivity index (χ1) is 13.8. The minimum absolute atomic E-state index is 0.0507. The van der Waals surface area contributed by atoms with Crippen LogP contribution in [0.2, 0.25) is 5.02 Å². The number of sulfonamides is 1. The quantitative estimate of drug-likeness (QED) is 0.752. The van der Waals surface area contributed by atoms with Gasteiger partial charge >= 0.3 is 0 Å². The van der Waals surface area contributed by atoms with E-state index in [0.29, 0.717) is 13.2 Å². The summed E-state index contributed by atoms with van der Waals surface area (Å²) < 4.78 is 32.4. The average molecular weight is 437 g/mol. The molecule has 1 fully saturated rings. The van der Waals surface area contributed by atoms with Crippen LogP contribution in [0.4, 0.5) is 0 Å². The molecule has 1 aliphatic rings. The molecule has 0 spiro atoms. The van der Waals surface area contributed by atoms with Crippen molar-refractivity contribution in [1.82, 2.24) is 9.62 Å². The second kappa shape index (κ2) is 9.26. The first kappa shape index (κ1) is 21.8. The van der Waals surface area contributed by atoms with E-state index in [0.717, 1.165) is 5.56 Å². The molecule has 1 atom stereocenters. The maximum absolute atomic E-state index is 13.0. The maximum Gasteiger partial charge on any atom is 0.253 e. The maximum atomic E-state index is 13.0. The van der Waals surface area contributed by atoms with E-state index in [-0.39, 0.29) is 40.5 Å². The predicted molar refractivity (Wildman–Crippen MR) is 113 cm³/mol. The van der Waals surface area contributed by atoms with E-state index in [1.165, 1.54) is 22.5 Å². The fraction of sp³-hybridized carbons (Fsp3) is 0.381. The molecule has 0 aromatic heterocycles. The highest BCUT2D eigenvalue weighted by Gasteiger charge is 2.28. The largest absolute Gasteiger partial charge is 0.379 e. The Morgan fingerprint density at radius 1 is 1.10 bits per heavy atom. The Kier molecular flexibility index (Phi) is 6.95. The third-order valence-electron chi connectivity index (χ3n) is 4.90. The van der Waals surface area contributed by atoms with Gasteiger partial charge in [0.15, 0.2) is 0 Å². The number of carbonyl (C=O) groups is 1. The number of ether oxygens (including phenoxy) is 1. The third-order valence-corrected chi connectivity index (χ3v) is 7.13. The topological polar surface area (TPSA) is 75.7 Å². The number of hydrogen-bond acceptors (Lipinski definition) is 4. The number of morpholine rings is 1. The van der Waals surface area contributed by atoms with E-state index < -0.39 is 15.9 Å². The molecule has 1 saturated heterocycles. The molecule has 156 valence electrons. The summed E-state index contributed by atoms with van der Waals surface area (Å²) >= 11 is 6.25. The van der Waals surface area contributed by atoms with E-state index in [1.54, 1.807) is 0 Å². The zero-order chi connectivity index (χ0) is 21.0. The van der Waals surface area contributed by atoms with Gasteiger partial charge < -0.3 is 10.1 Å². The van der Waals surface area contributed by atoms with E-state index in [1.807, 2.05) is 44.2 Å². The number of hydrogen-bond donors (Lipinski definition) is 1. The van der Waals surface area contributed by atoms with Gasteiger partial charge in [0, 0.05) is 13.1 Å². The molecule has 8 heteroatoms. The zero-order valence-electron chi connectivity index (χ0n) is 16.5. The first-order valence-electron chi connectivity index (χ1n) is 9.54. The SMILES string of the molecule is CC(C)C(NC(=O)c1cc(S(=O)(=O)N2CCOCC2)ccc1Cl)c1ccccc1. The molecule has 6 nitrogen and oxygen atoms in total. The van der Waals surface area contributed by atoms with Gasteiger partial charge in [-0.05, 0) is 29.7 Å². The monoisotopic (exact) mass is 436 g/mol. The van der Waals surface area contributed by atoms with E-state index in [4.69, 9.17) is 16.3 Å². The molecule has 2 aromatic rings. The number of carbonyl (C=O) groups excluding carboxylic acids is 1. The van der Waals surface area contributed by atoms with Crippen LogP contribution < -0.4 is 5.32 Å². The Morgan fingerprint density at radius 3 is 2.38 bits per heavy atom. The Morgan fingerprint density at radius 2 is 1.76 bits per heavy atom. The molecule has 29 heavy (non-hydrogen) atoms. The van der Waals surface area contributed by atoms with Crippen LogP contribution in [0, 0.1) is 5.92 Å². The number of nitrogens with one attached hydrogen (secondary N) is 1. The third kappa shape index (κ3) is 4.98. The summed E-state index contributed by atoms with van der Waals surface area (Å²) in [5, 5.41) is 3.20. The molecular weight excluding hydrogens is 412 g/mol. The van der Waals surface area contributed by atoms with Gasteiger partial charge in [-0.2, -0.15) is 4.31 Å². The zero-order valence-corrected chi connectivity index (χ0v) is 18.0. The van der Waals surface area contributed by atoms with Crippen molar-refractivity contribution < 1.29 is 17.9 Å². The normalized spacial score (nSPS) is 16.6. The number of amides is 1. The van der Waals surface area contributed by atoms with Gasteiger partial charge in [-0.3, -0.25) is 4.79 Å². The van der Waals surface area contributed by atoms with Crippen molar-refractivity contribution in [3.05, 3.63) is 64.7 Å². The summed E-state index contributed by atoms with van der Waals surface area (Å²) in [5.41, 5.74) is 1.12. The molecule has 1 aliphatic heterocycles. The van der Waals surface area contributed by atoms with Crippen LogP contribution in [0.15, 0.2) is 53.4 Å². The van der Waals surface area contributed by atoms with Gasteiger partial charge in [0.1, 0.15) is 0 Å². The van der Waals surface area contributed by atoms with Crippen molar-refractivity contribution >= 4 is 27.5 Å². The molecule has 2 aromatic carbocycles. The summed E-state index contributed by atoms with van der Waals surface area (Å²) in [6.45, 7) is 5.31. The molecule has 3 rings (SSSR count). The number of halogens is 1. The molecular formula is C21H25ClN2O4S. The molecule has 1 amide bonds. The van der Waals surface area contributed by atoms with Crippen LogP contribution >= 0.6 is 11.6 Å². The molecule has 0 aliphatic carbocycles. The Hall–Kier alpha value is -1.93. The lowest BCUT2D eigenvalue weighted by molar-refractivity contribution is 0.0730. The van der Waals surface area contributed by atoms with Crippen molar-refractivity contribution in [3.8, 4) is 0 Å². The van der Waals surface area contributed by atoms with Gasteiger partial charge in [-0.25, -0.2) is 8.42 Å². The number of nitrogens with zero attached hydrogens (tertiary/aromatic N) is 1. The van der Waals surface area contributed by atoms with E-state index in [2.05, 4.69) is 5.32 Å². The van der Waals surface area contributed by atoms with Crippen LogP contribution in [0.25, 0.3) is 0 Å². The van der Waals surface area contributed by atoms with Crippen LogP contribution in [0.5, 0.6) is 0 Å². The smallest absolute Gasteiger partial charge is 0.253 e. The average Bonchev–Trinajstić information content (AvgIpc) is 2.73. The van der Waals surface area contributed by atoms with Crippen molar-refractivity contribution in [2.75, 3.05) is 26.3 Å². The van der Waals surface area contributed by atoms with Gasteiger partial charge in [0.05, 0.1) is 34.7 Å². The van der Waals surface area contributed by atoms with Crippen molar-refractivity contribution in [2.45, 2.75) is 24.8 Å². The Labute approximate surface area is 176 Å². The molecule has 0 saturated carbocycles. The fourth-order valence-electron chi connectivity index (χ4n) is 3.29. The highest BCUT2D eigenvalue weighted by Crippen LogP contribution is 2.26. The van der Waals surface area contributed by atoms with Gasteiger partial charge in [0.2, 0.25) is 10.0 Å². The van der Waals surface area contributed by atoms with Gasteiger partial charge in [-0.15, -0.1) is 0 Å².